The molecule has 0 spiro atoms. The van der Waals surface area contributed by atoms with Crippen LogP contribution in [0.5, 0.6) is 0 Å². The molecule has 8 atom stereocenters. The zero-order chi connectivity index (χ0) is 25.3. The Labute approximate surface area is 213 Å². The topological polar surface area (TPSA) is 77.2 Å². The lowest BCUT2D eigenvalue weighted by molar-refractivity contribution is -0.175. The van der Waals surface area contributed by atoms with E-state index in [-0.39, 0.29) is 34.6 Å². The van der Waals surface area contributed by atoms with E-state index in [1.54, 1.807) is 16.8 Å². The molecule has 1 heterocycles. The summed E-state index contributed by atoms with van der Waals surface area (Å²) in [6.45, 7) is 5.32. The van der Waals surface area contributed by atoms with E-state index in [4.69, 9.17) is 4.74 Å². The lowest BCUT2D eigenvalue weighted by Gasteiger charge is -2.62. The zero-order valence-electron chi connectivity index (χ0n) is 21.9. The summed E-state index contributed by atoms with van der Waals surface area (Å²) < 4.78 is 21.6. The summed E-state index contributed by atoms with van der Waals surface area (Å²) in [6, 6.07) is 4.81. The normalized spacial score (nSPS) is 42.1. The number of aromatic nitrogens is 3. The van der Waals surface area contributed by atoms with E-state index in [1.165, 1.54) is 12.5 Å². The number of Topliss-reactive ketones (excluding diaryl/α,β-unsaturated/α-hetero) is 1. The Morgan fingerprint density at radius 2 is 1.97 bits per heavy atom. The molecule has 4 saturated carbocycles. The number of benzene rings is 1. The Bertz CT molecular complexity index is 1160. The van der Waals surface area contributed by atoms with Gasteiger partial charge in [-0.3, -0.25) is 4.79 Å². The SMILES string of the molecule is COCC12CC[C@@](C)(O)C[C@H]1CC[C@H]1[C@H]3CC[C@H](C(=O)Cn4nnc5c(F)cccc54)[C@@]3(C)CC[C@@H]12. The Hall–Kier alpha value is -1.86. The van der Waals surface area contributed by atoms with Crippen LogP contribution in [0.4, 0.5) is 4.39 Å². The third kappa shape index (κ3) is 3.59. The van der Waals surface area contributed by atoms with Crippen LogP contribution in [0.1, 0.15) is 71.6 Å². The minimum Gasteiger partial charge on any atom is -0.390 e. The van der Waals surface area contributed by atoms with Gasteiger partial charge in [0.05, 0.1) is 17.7 Å². The highest BCUT2D eigenvalue weighted by atomic mass is 19.1. The maximum absolute atomic E-state index is 14.1. The van der Waals surface area contributed by atoms with Crippen molar-refractivity contribution in [3.63, 3.8) is 0 Å². The molecule has 2 aromatic rings. The molecule has 4 aliphatic rings. The second-order valence-electron chi connectivity index (χ2n) is 13.0. The Morgan fingerprint density at radius 1 is 1.14 bits per heavy atom. The first-order chi connectivity index (χ1) is 17.2. The number of aliphatic hydroxyl groups is 1. The number of rotatable bonds is 5. The third-order valence-electron chi connectivity index (χ3n) is 11.3. The van der Waals surface area contributed by atoms with Crippen LogP contribution in [0.15, 0.2) is 18.2 Å². The van der Waals surface area contributed by atoms with Gasteiger partial charge in [0, 0.05) is 13.0 Å². The van der Waals surface area contributed by atoms with E-state index in [2.05, 4.69) is 17.2 Å². The number of carbonyl (C=O) groups excluding carboxylic acids is 1. The number of halogens is 1. The summed E-state index contributed by atoms with van der Waals surface area (Å²) in [5, 5.41) is 19.0. The van der Waals surface area contributed by atoms with Crippen molar-refractivity contribution in [2.45, 2.75) is 83.8 Å². The summed E-state index contributed by atoms with van der Waals surface area (Å²) in [4.78, 5) is 13.7. The van der Waals surface area contributed by atoms with Crippen molar-refractivity contribution >= 4 is 16.8 Å². The first kappa shape index (κ1) is 24.5. The number of fused-ring (bicyclic) bond motifs is 6. The van der Waals surface area contributed by atoms with Crippen molar-refractivity contribution in [1.29, 1.82) is 0 Å². The first-order valence-corrected chi connectivity index (χ1v) is 13.9. The van der Waals surface area contributed by atoms with Gasteiger partial charge < -0.3 is 9.84 Å². The molecule has 0 aliphatic heterocycles. The molecule has 4 fully saturated rings. The van der Waals surface area contributed by atoms with Crippen LogP contribution in [-0.4, -0.2) is 45.2 Å². The largest absolute Gasteiger partial charge is 0.390 e. The van der Waals surface area contributed by atoms with Gasteiger partial charge in [0.1, 0.15) is 12.1 Å². The van der Waals surface area contributed by atoms with Crippen LogP contribution in [0.25, 0.3) is 11.0 Å². The Balaban J connectivity index is 1.24. The van der Waals surface area contributed by atoms with Gasteiger partial charge in [-0.15, -0.1) is 5.10 Å². The van der Waals surface area contributed by atoms with Crippen LogP contribution >= 0.6 is 0 Å². The lowest BCUT2D eigenvalue weighted by Crippen LogP contribution is -2.58. The fourth-order valence-electron chi connectivity index (χ4n) is 9.64. The molecule has 0 bridgehead atoms. The number of hydrogen-bond donors (Lipinski definition) is 1. The molecule has 196 valence electrons. The average molecular weight is 498 g/mol. The number of hydrogen-bond acceptors (Lipinski definition) is 5. The quantitative estimate of drug-likeness (QED) is 0.616. The maximum Gasteiger partial charge on any atom is 0.157 e. The van der Waals surface area contributed by atoms with Crippen LogP contribution in [0, 0.1) is 46.2 Å². The molecule has 0 saturated heterocycles. The molecule has 0 radical (unpaired) electrons. The van der Waals surface area contributed by atoms with Crippen molar-refractivity contribution in [2.24, 2.45) is 40.4 Å². The van der Waals surface area contributed by atoms with E-state index >= 15 is 0 Å². The van der Waals surface area contributed by atoms with Gasteiger partial charge in [-0.1, -0.05) is 18.2 Å². The molecule has 1 N–H and O–H groups in total. The van der Waals surface area contributed by atoms with E-state index in [0.717, 1.165) is 58.0 Å². The Morgan fingerprint density at radius 3 is 2.78 bits per heavy atom. The number of methoxy groups -OCH3 is 1. The number of carbonyl (C=O) groups is 1. The predicted octanol–water partition coefficient (Wildman–Crippen LogP) is 5.18. The molecule has 6 nitrogen and oxygen atoms in total. The zero-order valence-corrected chi connectivity index (χ0v) is 21.9. The molecule has 6 rings (SSSR count). The van der Waals surface area contributed by atoms with Crippen LogP contribution in [0.2, 0.25) is 0 Å². The highest BCUT2D eigenvalue weighted by molar-refractivity contribution is 5.84. The first-order valence-electron chi connectivity index (χ1n) is 13.9. The molecule has 36 heavy (non-hydrogen) atoms. The highest BCUT2D eigenvalue weighted by Gasteiger charge is 2.63. The maximum atomic E-state index is 14.1. The summed E-state index contributed by atoms with van der Waals surface area (Å²) in [5.41, 5.74) is 0.415. The highest BCUT2D eigenvalue weighted by Crippen LogP contribution is 2.68. The van der Waals surface area contributed by atoms with Gasteiger partial charge >= 0.3 is 0 Å². The number of ether oxygens (including phenoxy) is 1. The van der Waals surface area contributed by atoms with Crippen LogP contribution in [-0.2, 0) is 16.1 Å². The minimum atomic E-state index is -0.558. The molecule has 7 heteroatoms. The van der Waals surface area contributed by atoms with E-state index < -0.39 is 11.4 Å². The van der Waals surface area contributed by atoms with Crippen LogP contribution in [0.3, 0.4) is 0 Å². The van der Waals surface area contributed by atoms with Crippen molar-refractivity contribution in [3.05, 3.63) is 24.0 Å². The average Bonchev–Trinajstić information content (AvgIpc) is 3.41. The van der Waals surface area contributed by atoms with Gasteiger partial charge in [0.25, 0.3) is 0 Å². The molecule has 1 aromatic heterocycles. The second-order valence-corrected chi connectivity index (χ2v) is 13.0. The van der Waals surface area contributed by atoms with Crippen LogP contribution < -0.4 is 0 Å². The van der Waals surface area contributed by atoms with Crippen molar-refractivity contribution < 1.29 is 19.0 Å². The number of nitrogens with zero attached hydrogens (tertiary/aromatic N) is 3. The van der Waals surface area contributed by atoms with E-state index in [9.17, 15) is 14.3 Å². The third-order valence-corrected chi connectivity index (χ3v) is 11.3. The summed E-state index contributed by atoms with van der Waals surface area (Å²) >= 11 is 0. The molecular weight excluding hydrogens is 457 g/mol. The van der Waals surface area contributed by atoms with Gasteiger partial charge in [-0.2, -0.15) is 0 Å². The fourth-order valence-corrected chi connectivity index (χ4v) is 9.64. The molecule has 1 aromatic carbocycles. The molecule has 4 aliphatic carbocycles. The van der Waals surface area contributed by atoms with Gasteiger partial charge in [-0.05, 0) is 111 Å². The van der Waals surface area contributed by atoms with E-state index in [1.807, 2.05) is 14.0 Å². The van der Waals surface area contributed by atoms with Gasteiger partial charge in [0.2, 0.25) is 0 Å². The smallest absolute Gasteiger partial charge is 0.157 e. The lowest BCUT2D eigenvalue weighted by atomic mass is 9.43. The molecule has 0 amide bonds. The standard InChI is InChI=1S/C29H40FN3O3/c1-27(35)13-14-29(17-36-3)18(15-27)7-8-19-20-9-10-22(28(20,2)12-11-21(19)29)25(34)16-33-24-6-4-5-23(30)26(24)31-32-33/h4-6,18-22,35H,7-17H2,1-3H3/t18-,19+,20-,21+,22-,27-,28+,29?/m1/s1. The molecule has 1 unspecified atom stereocenters. The predicted molar refractivity (Wildman–Crippen MR) is 135 cm³/mol. The summed E-state index contributed by atoms with van der Waals surface area (Å²) in [6.07, 6.45) is 9.37. The van der Waals surface area contributed by atoms with E-state index in [0.29, 0.717) is 29.2 Å². The minimum absolute atomic E-state index is 0.00113. The monoisotopic (exact) mass is 497 g/mol. The summed E-state index contributed by atoms with van der Waals surface area (Å²) in [7, 11) is 1.83. The fraction of sp³-hybridized carbons (Fsp3) is 0.759. The van der Waals surface area contributed by atoms with Crippen molar-refractivity contribution in [1.82, 2.24) is 15.0 Å². The summed E-state index contributed by atoms with van der Waals surface area (Å²) in [5.74, 6) is 2.13. The van der Waals surface area contributed by atoms with Crippen molar-refractivity contribution in [3.8, 4) is 0 Å². The van der Waals surface area contributed by atoms with Gasteiger partial charge in [0.15, 0.2) is 11.6 Å². The van der Waals surface area contributed by atoms with Crippen molar-refractivity contribution in [2.75, 3.05) is 13.7 Å². The Kier molecular flexibility index (Phi) is 5.84. The molecular formula is C29H40FN3O3. The van der Waals surface area contributed by atoms with Gasteiger partial charge in [-0.25, -0.2) is 9.07 Å². The second kappa shape index (κ2) is 8.59. The number of ketones is 1.